The molecule has 0 aromatic heterocycles. The van der Waals surface area contributed by atoms with Crippen molar-refractivity contribution in [2.75, 3.05) is 0 Å². The molecule has 26 heavy (non-hydrogen) atoms. The molecule has 0 saturated heterocycles. The highest BCUT2D eigenvalue weighted by atomic mass is 35.5. The first kappa shape index (κ1) is 16.1. The van der Waals surface area contributed by atoms with Crippen LogP contribution in [0.2, 0.25) is 5.02 Å². The van der Waals surface area contributed by atoms with Gasteiger partial charge in [-0.3, -0.25) is 14.4 Å². The number of primary amides is 1. The van der Waals surface area contributed by atoms with Crippen LogP contribution in [-0.4, -0.2) is 17.7 Å². The van der Waals surface area contributed by atoms with E-state index >= 15 is 0 Å². The Balaban J connectivity index is 1.88. The Hall–Kier alpha value is -3.38. The lowest BCUT2D eigenvalue weighted by molar-refractivity contribution is -0.117. The SMILES string of the molecule is NC(=O)c1cccc(C2=C3C(=O)NC(c4ccc(Cl)cc4)=C3C(=O)N2)c1. The third-order valence-electron chi connectivity index (χ3n) is 4.25. The second-order valence-electron chi connectivity index (χ2n) is 5.86. The molecule has 0 aliphatic carbocycles. The smallest absolute Gasteiger partial charge is 0.258 e. The normalized spacial score (nSPS) is 15.9. The van der Waals surface area contributed by atoms with E-state index in [4.69, 9.17) is 17.3 Å². The predicted octanol–water partition coefficient (Wildman–Crippen LogP) is 1.82. The van der Waals surface area contributed by atoms with E-state index in [9.17, 15) is 14.4 Å². The summed E-state index contributed by atoms with van der Waals surface area (Å²) in [5.74, 6) is -1.36. The molecule has 2 aromatic rings. The first-order chi connectivity index (χ1) is 12.5. The van der Waals surface area contributed by atoms with Gasteiger partial charge in [-0.1, -0.05) is 35.9 Å². The van der Waals surface area contributed by atoms with E-state index in [-0.39, 0.29) is 23.0 Å². The Labute approximate surface area is 153 Å². The second-order valence-corrected chi connectivity index (χ2v) is 6.30. The van der Waals surface area contributed by atoms with E-state index in [1.807, 2.05) is 0 Å². The molecule has 2 heterocycles. The fourth-order valence-corrected chi connectivity index (χ4v) is 3.18. The number of hydrogen-bond donors (Lipinski definition) is 3. The molecule has 2 aliphatic rings. The first-order valence-electron chi connectivity index (χ1n) is 7.73. The van der Waals surface area contributed by atoms with Crippen LogP contribution in [0.1, 0.15) is 21.5 Å². The van der Waals surface area contributed by atoms with Gasteiger partial charge in [0.15, 0.2) is 0 Å². The minimum absolute atomic E-state index is 0.251. The van der Waals surface area contributed by atoms with Crippen LogP contribution in [-0.2, 0) is 9.59 Å². The second kappa shape index (κ2) is 5.86. The third kappa shape index (κ3) is 2.48. The molecule has 2 aliphatic heterocycles. The monoisotopic (exact) mass is 365 g/mol. The molecule has 0 unspecified atom stereocenters. The summed E-state index contributed by atoms with van der Waals surface area (Å²) in [5.41, 5.74) is 8.13. The molecule has 3 amide bonds. The number of nitrogens with one attached hydrogen (secondary N) is 2. The van der Waals surface area contributed by atoms with Crippen LogP contribution in [0, 0.1) is 0 Å². The van der Waals surface area contributed by atoms with Crippen LogP contribution in [0.3, 0.4) is 0 Å². The van der Waals surface area contributed by atoms with Gasteiger partial charge in [0.05, 0.1) is 22.5 Å². The molecular formula is C19H12ClN3O3. The number of carbonyl (C=O) groups excluding carboxylic acids is 3. The molecule has 2 aromatic carbocycles. The number of amides is 3. The van der Waals surface area contributed by atoms with Crippen molar-refractivity contribution in [2.24, 2.45) is 5.73 Å². The molecule has 0 spiro atoms. The van der Waals surface area contributed by atoms with Gasteiger partial charge in [0.25, 0.3) is 11.8 Å². The van der Waals surface area contributed by atoms with Crippen molar-refractivity contribution < 1.29 is 14.4 Å². The van der Waals surface area contributed by atoms with Gasteiger partial charge >= 0.3 is 0 Å². The van der Waals surface area contributed by atoms with Gasteiger partial charge in [0.2, 0.25) is 5.91 Å². The topological polar surface area (TPSA) is 101 Å². The number of rotatable bonds is 3. The van der Waals surface area contributed by atoms with Crippen LogP contribution in [0.25, 0.3) is 11.4 Å². The van der Waals surface area contributed by atoms with Crippen LogP contribution in [0.4, 0.5) is 0 Å². The highest BCUT2D eigenvalue weighted by molar-refractivity contribution is 6.31. The van der Waals surface area contributed by atoms with Crippen LogP contribution < -0.4 is 16.4 Å². The standard InChI is InChI=1S/C19H12ClN3O3/c20-12-6-4-9(5-7-12)15-13-14(19(26)22-15)16(23-18(13)25)10-2-1-3-11(8-10)17(21)24/h1-8H,(H2,21,24)(H,22,26)(H,23,25). The van der Waals surface area contributed by atoms with Crippen LogP contribution in [0.5, 0.6) is 0 Å². The maximum atomic E-state index is 12.5. The van der Waals surface area contributed by atoms with E-state index in [0.717, 1.165) is 0 Å². The molecule has 4 N–H and O–H groups in total. The Kier molecular flexibility index (Phi) is 3.63. The summed E-state index contributed by atoms with van der Waals surface area (Å²) in [6.45, 7) is 0. The van der Waals surface area contributed by atoms with E-state index < -0.39 is 5.91 Å². The number of halogens is 1. The van der Waals surface area contributed by atoms with E-state index in [2.05, 4.69) is 10.6 Å². The lowest BCUT2D eigenvalue weighted by Gasteiger charge is -2.08. The largest absolute Gasteiger partial charge is 0.366 e. The molecule has 4 rings (SSSR count). The quantitative estimate of drug-likeness (QED) is 0.773. The van der Waals surface area contributed by atoms with Gasteiger partial charge < -0.3 is 16.4 Å². The minimum atomic E-state index is -0.588. The van der Waals surface area contributed by atoms with Gasteiger partial charge in [0.1, 0.15) is 0 Å². The maximum absolute atomic E-state index is 12.5. The van der Waals surface area contributed by atoms with Gasteiger partial charge in [-0.2, -0.15) is 0 Å². The zero-order chi connectivity index (χ0) is 18.4. The molecule has 0 radical (unpaired) electrons. The van der Waals surface area contributed by atoms with E-state index in [0.29, 0.717) is 33.1 Å². The minimum Gasteiger partial charge on any atom is -0.366 e. The lowest BCUT2D eigenvalue weighted by Crippen LogP contribution is -2.21. The van der Waals surface area contributed by atoms with Gasteiger partial charge in [-0.15, -0.1) is 0 Å². The first-order valence-corrected chi connectivity index (χ1v) is 8.11. The Morgan fingerprint density at radius 3 is 2.00 bits per heavy atom. The highest BCUT2D eigenvalue weighted by Gasteiger charge is 2.40. The van der Waals surface area contributed by atoms with Crippen molar-refractivity contribution in [1.82, 2.24) is 10.6 Å². The molecule has 0 fully saturated rings. The fraction of sp³-hybridized carbons (Fsp3) is 0. The molecule has 128 valence electrons. The van der Waals surface area contributed by atoms with Gasteiger partial charge in [-0.05, 0) is 35.4 Å². The maximum Gasteiger partial charge on any atom is 0.258 e. The summed E-state index contributed by atoms with van der Waals surface area (Å²) in [7, 11) is 0. The molecule has 0 atom stereocenters. The summed E-state index contributed by atoms with van der Waals surface area (Å²) in [6.07, 6.45) is 0. The molecular weight excluding hydrogens is 354 g/mol. The Morgan fingerprint density at radius 1 is 0.846 bits per heavy atom. The van der Waals surface area contributed by atoms with E-state index in [1.54, 1.807) is 48.5 Å². The van der Waals surface area contributed by atoms with Crippen molar-refractivity contribution in [3.05, 3.63) is 81.4 Å². The molecule has 6 nitrogen and oxygen atoms in total. The summed E-state index contributed by atoms with van der Waals surface area (Å²) >= 11 is 5.90. The van der Waals surface area contributed by atoms with Gasteiger partial charge in [0, 0.05) is 10.6 Å². The highest BCUT2D eigenvalue weighted by Crippen LogP contribution is 2.37. The van der Waals surface area contributed by atoms with Crippen molar-refractivity contribution >= 4 is 40.7 Å². The fourth-order valence-electron chi connectivity index (χ4n) is 3.06. The average Bonchev–Trinajstić information content (AvgIpc) is 3.15. The van der Waals surface area contributed by atoms with Crippen LogP contribution >= 0.6 is 11.6 Å². The van der Waals surface area contributed by atoms with Crippen LogP contribution in [0.15, 0.2) is 59.7 Å². The van der Waals surface area contributed by atoms with Crippen molar-refractivity contribution in [2.45, 2.75) is 0 Å². The van der Waals surface area contributed by atoms with Gasteiger partial charge in [-0.25, -0.2) is 0 Å². The number of fused-ring (bicyclic) bond motifs is 1. The van der Waals surface area contributed by atoms with E-state index in [1.165, 1.54) is 0 Å². The molecule has 7 heteroatoms. The number of benzene rings is 2. The number of hydrogen-bond acceptors (Lipinski definition) is 3. The number of nitrogens with two attached hydrogens (primary N) is 1. The predicted molar refractivity (Wildman–Crippen MR) is 96.5 cm³/mol. The summed E-state index contributed by atoms with van der Waals surface area (Å²) in [6, 6.07) is 13.3. The zero-order valence-corrected chi connectivity index (χ0v) is 14.1. The zero-order valence-electron chi connectivity index (χ0n) is 13.3. The number of carbonyl (C=O) groups is 3. The summed E-state index contributed by atoms with van der Waals surface area (Å²) < 4.78 is 0. The Bertz CT molecular complexity index is 1050. The van der Waals surface area contributed by atoms with Crippen molar-refractivity contribution in [3.8, 4) is 0 Å². The molecule has 0 saturated carbocycles. The van der Waals surface area contributed by atoms with Crippen molar-refractivity contribution in [1.29, 1.82) is 0 Å². The molecule has 0 bridgehead atoms. The Morgan fingerprint density at radius 2 is 1.42 bits per heavy atom. The average molecular weight is 366 g/mol. The third-order valence-corrected chi connectivity index (χ3v) is 4.50. The van der Waals surface area contributed by atoms with Crippen molar-refractivity contribution in [3.63, 3.8) is 0 Å². The lowest BCUT2D eigenvalue weighted by atomic mass is 10.0. The summed E-state index contributed by atoms with van der Waals surface area (Å²) in [4.78, 5) is 36.5. The summed E-state index contributed by atoms with van der Waals surface area (Å²) in [5, 5.41) is 6.03.